The quantitative estimate of drug-likeness (QED) is 0.308. The summed E-state index contributed by atoms with van der Waals surface area (Å²) < 4.78 is 5.86. The largest absolute Gasteiger partial charge is 0.457 e. The first-order valence-corrected chi connectivity index (χ1v) is 10.7. The Hall–Kier alpha value is -3.77. The Morgan fingerprint density at radius 1 is 1.03 bits per heavy atom. The fourth-order valence-corrected chi connectivity index (χ4v) is 3.71. The van der Waals surface area contributed by atoms with Crippen molar-refractivity contribution >= 4 is 23.5 Å². The van der Waals surface area contributed by atoms with Crippen LogP contribution in [0.25, 0.3) is 10.6 Å². The normalized spacial score (nSPS) is 10.9. The van der Waals surface area contributed by atoms with Gasteiger partial charge in [0.15, 0.2) is 0 Å². The number of benzene rings is 3. The lowest BCUT2D eigenvalue weighted by atomic mass is 10.2. The molecule has 1 heterocycles. The van der Waals surface area contributed by atoms with Crippen molar-refractivity contribution in [3.05, 3.63) is 101 Å². The molecule has 0 fully saturated rings. The second-order valence-electron chi connectivity index (χ2n) is 6.97. The van der Waals surface area contributed by atoms with Crippen LogP contribution in [-0.4, -0.2) is 17.1 Å². The van der Waals surface area contributed by atoms with Gasteiger partial charge in [-0.1, -0.05) is 60.2 Å². The molecule has 0 atom stereocenters. The maximum atomic E-state index is 12.2. The van der Waals surface area contributed by atoms with E-state index in [0.29, 0.717) is 5.75 Å². The summed E-state index contributed by atoms with van der Waals surface area (Å²) in [5.41, 5.74) is 6.33. The first-order chi connectivity index (χ1) is 15.2. The van der Waals surface area contributed by atoms with E-state index in [2.05, 4.69) is 15.5 Å². The van der Waals surface area contributed by atoms with E-state index in [0.717, 1.165) is 27.6 Å². The lowest BCUT2D eigenvalue weighted by Crippen LogP contribution is -2.19. The van der Waals surface area contributed by atoms with E-state index in [4.69, 9.17) is 4.74 Å². The van der Waals surface area contributed by atoms with Crippen molar-refractivity contribution in [3.8, 4) is 22.1 Å². The number of amides is 1. The molecule has 0 unspecified atom stereocenters. The first-order valence-electron chi connectivity index (χ1n) is 9.82. The highest BCUT2D eigenvalue weighted by Gasteiger charge is 2.08. The number of ether oxygens (including phenoxy) is 1. The fraction of sp³-hybridized carbons (Fsp3) is 0.0800. The van der Waals surface area contributed by atoms with Crippen LogP contribution in [0.4, 0.5) is 0 Å². The first kappa shape index (κ1) is 20.5. The predicted molar refractivity (Wildman–Crippen MR) is 125 cm³/mol. The van der Waals surface area contributed by atoms with E-state index in [1.54, 1.807) is 6.21 Å². The molecule has 1 N–H and O–H groups in total. The Bertz CT molecular complexity index is 1180. The third-order valence-electron chi connectivity index (χ3n) is 4.43. The molecule has 6 heteroatoms. The molecule has 0 radical (unpaired) electrons. The zero-order valence-electron chi connectivity index (χ0n) is 17.0. The van der Waals surface area contributed by atoms with Gasteiger partial charge in [0, 0.05) is 10.9 Å². The number of thiazole rings is 1. The van der Waals surface area contributed by atoms with Crippen molar-refractivity contribution in [1.82, 2.24) is 10.4 Å². The third-order valence-corrected chi connectivity index (χ3v) is 5.37. The number of aromatic nitrogens is 1. The summed E-state index contributed by atoms with van der Waals surface area (Å²) >= 11 is 1.52. The van der Waals surface area contributed by atoms with Crippen LogP contribution in [0.15, 0.2) is 89.3 Å². The summed E-state index contributed by atoms with van der Waals surface area (Å²) in [5.74, 6) is 1.26. The highest BCUT2D eigenvalue weighted by atomic mass is 32.1. The number of hydrogen-bond donors (Lipinski definition) is 1. The summed E-state index contributed by atoms with van der Waals surface area (Å²) in [4.78, 5) is 16.7. The maximum Gasteiger partial charge on any atom is 0.246 e. The van der Waals surface area contributed by atoms with Crippen molar-refractivity contribution in [2.45, 2.75) is 13.3 Å². The van der Waals surface area contributed by atoms with Gasteiger partial charge >= 0.3 is 0 Å². The summed E-state index contributed by atoms with van der Waals surface area (Å²) in [6, 6.07) is 25.3. The summed E-state index contributed by atoms with van der Waals surface area (Å²) in [6.45, 7) is 2.03. The molecular formula is C25H21N3O2S. The molecule has 1 amide bonds. The molecule has 3 aromatic carbocycles. The van der Waals surface area contributed by atoms with E-state index in [1.807, 2.05) is 91.2 Å². The second kappa shape index (κ2) is 9.82. The van der Waals surface area contributed by atoms with Crippen molar-refractivity contribution < 1.29 is 9.53 Å². The van der Waals surface area contributed by atoms with Crippen molar-refractivity contribution in [2.75, 3.05) is 0 Å². The van der Waals surface area contributed by atoms with Crippen LogP contribution in [0, 0.1) is 6.92 Å². The van der Waals surface area contributed by atoms with Crippen LogP contribution in [-0.2, 0) is 11.2 Å². The van der Waals surface area contributed by atoms with Gasteiger partial charge < -0.3 is 4.74 Å². The number of carbonyl (C=O) groups is 1. The van der Waals surface area contributed by atoms with Crippen LogP contribution in [0.3, 0.4) is 0 Å². The van der Waals surface area contributed by atoms with Gasteiger partial charge in [0.1, 0.15) is 16.5 Å². The fourth-order valence-electron chi connectivity index (χ4n) is 2.89. The molecule has 31 heavy (non-hydrogen) atoms. The summed E-state index contributed by atoms with van der Waals surface area (Å²) in [5, 5.41) is 6.86. The van der Waals surface area contributed by atoms with Crippen LogP contribution < -0.4 is 10.2 Å². The van der Waals surface area contributed by atoms with Gasteiger partial charge in [-0.15, -0.1) is 11.3 Å². The molecule has 0 saturated carbocycles. The number of hydrogen-bond acceptors (Lipinski definition) is 5. The SMILES string of the molecule is Cc1ccc(Oc2cccc(C=NNC(=O)Cc3csc(-c4ccccc4)n3)c2)cc1. The minimum atomic E-state index is -0.215. The van der Waals surface area contributed by atoms with Crippen LogP contribution in [0.5, 0.6) is 11.5 Å². The molecule has 1 aromatic heterocycles. The van der Waals surface area contributed by atoms with Crippen LogP contribution >= 0.6 is 11.3 Å². The van der Waals surface area contributed by atoms with Crippen molar-refractivity contribution in [2.24, 2.45) is 5.10 Å². The Kier molecular flexibility index (Phi) is 6.50. The molecule has 0 aliphatic carbocycles. The minimum absolute atomic E-state index is 0.178. The van der Waals surface area contributed by atoms with E-state index in [-0.39, 0.29) is 12.3 Å². The van der Waals surface area contributed by atoms with E-state index < -0.39 is 0 Å². The molecule has 4 aromatic rings. The van der Waals surface area contributed by atoms with E-state index in [1.165, 1.54) is 16.9 Å². The Balaban J connectivity index is 1.32. The topological polar surface area (TPSA) is 63.6 Å². The Morgan fingerprint density at radius 3 is 2.65 bits per heavy atom. The third kappa shape index (κ3) is 5.87. The van der Waals surface area contributed by atoms with Gasteiger partial charge in [0.05, 0.1) is 18.3 Å². The predicted octanol–water partition coefficient (Wildman–Crippen LogP) is 5.60. The molecule has 0 aliphatic heterocycles. The van der Waals surface area contributed by atoms with Gasteiger partial charge in [0.2, 0.25) is 5.91 Å². The van der Waals surface area contributed by atoms with Gasteiger partial charge in [-0.3, -0.25) is 4.79 Å². The Morgan fingerprint density at radius 2 is 1.84 bits per heavy atom. The molecule has 0 bridgehead atoms. The number of nitrogens with zero attached hydrogens (tertiary/aromatic N) is 2. The molecular weight excluding hydrogens is 406 g/mol. The Labute approximate surface area is 185 Å². The highest BCUT2D eigenvalue weighted by Crippen LogP contribution is 2.24. The van der Waals surface area contributed by atoms with Crippen molar-refractivity contribution in [1.29, 1.82) is 0 Å². The minimum Gasteiger partial charge on any atom is -0.457 e. The van der Waals surface area contributed by atoms with E-state index >= 15 is 0 Å². The smallest absolute Gasteiger partial charge is 0.246 e. The van der Waals surface area contributed by atoms with Crippen LogP contribution in [0.2, 0.25) is 0 Å². The average molecular weight is 428 g/mol. The molecule has 0 aliphatic rings. The summed E-state index contributed by atoms with van der Waals surface area (Å²) in [7, 11) is 0. The lowest BCUT2D eigenvalue weighted by molar-refractivity contribution is -0.120. The average Bonchev–Trinajstić information content (AvgIpc) is 3.25. The molecule has 4 rings (SSSR count). The number of aryl methyl sites for hydroxylation is 1. The lowest BCUT2D eigenvalue weighted by Gasteiger charge is -2.06. The van der Waals surface area contributed by atoms with Crippen molar-refractivity contribution in [3.63, 3.8) is 0 Å². The molecule has 5 nitrogen and oxygen atoms in total. The highest BCUT2D eigenvalue weighted by molar-refractivity contribution is 7.13. The van der Waals surface area contributed by atoms with Gasteiger partial charge in [0.25, 0.3) is 0 Å². The van der Waals surface area contributed by atoms with Gasteiger partial charge in [-0.05, 0) is 36.8 Å². The van der Waals surface area contributed by atoms with Gasteiger partial charge in [-0.2, -0.15) is 5.10 Å². The summed E-state index contributed by atoms with van der Waals surface area (Å²) in [6.07, 6.45) is 1.77. The standard InChI is InChI=1S/C25H21N3O2S/c1-18-10-12-22(13-11-18)30-23-9-5-6-19(14-23)16-26-28-24(29)15-21-17-31-25(27-21)20-7-3-2-4-8-20/h2-14,16-17H,15H2,1H3,(H,28,29). The zero-order valence-corrected chi connectivity index (χ0v) is 17.8. The molecule has 0 spiro atoms. The maximum absolute atomic E-state index is 12.2. The zero-order chi connectivity index (χ0) is 21.5. The second-order valence-corrected chi connectivity index (χ2v) is 7.83. The number of nitrogens with one attached hydrogen (secondary N) is 1. The molecule has 154 valence electrons. The van der Waals surface area contributed by atoms with Gasteiger partial charge in [-0.25, -0.2) is 10.4 Å². The van der Waals surface area contributed by atoms with E-state index in [9.17, 15) is 4.79 Å². The number of hydrazone groups is 1. The monoisotopic (exact) mass is 427 g/mol. The molecule has 0 saturated heterocycles. The van der Waals surface area contributed by atoms with Crippen LogP contribution in [0.1, 0.15) is 16.8 Å². The number of carbonyl (C=O) groups excluding carboxylic acids is 1. The number of rotatable bonds is 7.